The van der Waals surface area contributed by atoms with Crippen molar-refractivity contribution in [2.24, 2.45) is 5.92 Å². The molecule has 0 radical (unpaired) electrons. The highest BCUT2D eigenvalue weighted by molar-refractivity contribution is 5.99. The summed E-state index contributed by atoms with van der Waals surface area (Å²) in [5.41, 5.74) is 0.584. The zero-order valence-electron chi connectivity index (χ0n) is 9.49. The predicted octanol–water partition coefficient (Wildman–Crippen LogP) is 2.71. The molecule has 0 aliphatic rings. The molecule has 0 aliphatic carbocycles. The average molecular weight is 207 g/mol. The summed E-state index contributed by atoms with van der Waals surface area (Å²) in [7, 11) is 1.53. The summed E-state index contributed by atoms with van der Waals surface area (Å²) in [6.45, 7) is 4.02. The number of aromatic nitrogens is 1. The first-order chi connectivity index (χ1) is 7.20. The molecule has 0 bridgehead atoms. The zero-order valence-corrected chi connectivity index (χ0v) is 9.49. The second-order valence-electron chi connectivity index (χ2n) is 3.61. The van der Waals surface area contributed by atoms with Gasteiger partial charge >= 0.3 is 0 Å². The molecule has 0 amide bonds. The molecule has 0 N–H and O–H groups in total. The van der Waals surface area contributed by atoms with Crippen molar-refractivity contribution >= 4 is 5.78 Å². The number of hydrogen-bond acceptors (Lipinski definition) is 3. The summed E-state index contributed by atoms with van der Waals surface area (Å²) in [4.78, 5) is 16.0. The Morgan fingerprint density at radius 2 is 2.33 bits per heavy atom. The number of nitrogens with zero attached hydrogens (tertiary/aromatic N) is 1. The molecule has 1 heterocycles. The third-order valence-electron chi connectivity index (χ3n) is 2.40. The lowest BCUT2D eigenvalue weighted by atomic mass is 9.96. The van der Waals surface area contributed by atoms with Crippen molar-refractivity contribution in [2.75, 3.05) is 7.11 Å². The Hall–Kier alpha value is -1.38. The molecule has 15 heavy (non-hydrogen) atoms. The quantitative estimate of drug-likeness (QED) is 0.697. The monoisotopic (exact) mass is 207 g/mol. The number of hydrogen-bond donors (Lipinski definition) is 0. The van der Waals surface area contributed by atoms with E-state index in [1.165, 1.54) is 7.11 Å². The van der Waals surface area contributed by atoms with Crippen LogP contribution in [0.1, 0.15) is 37.0 Å². The molecule has 0 fully saturated rings. The van der Waals surface area contributed by atoms with Crippen LogP contribution in [-0.2, 0) is 0 Å². The first-order valence-corrected chi connectivity index (χ1v) is 5.24. The Morgan fingerprint density at radius 3 is 2.93 bits per heavy atom. The molecule has 0 aliphatic heterocycles. The first kappa shape index (κ1) is 11.7. The summed E-state index contributed by atoms with van der Waals surface area (Å²) < 4.78 is 5.06. The molecular formula is C12H17NO2. The number of methoxy groups -OCH3 is 1. The van der Waals surface area contributed by atoms with Crippen LogP contribution in [-0.4, -0.2) is 17.9 Å². The van der Waals surface area contributed by atoms with Crippen LogP contribution in [0.3, 0.4) is 0 Å². The Kier molecular flexibility index (Phi) is 4.28. The molecule has 3 heteroatoms. The minimum absolute atomic E-state index is 0.0353. The smallest absolute Gasteiger partial charge is 0.224 e. The zero-order chi connectivity index (χ0) is 11.3. The van der Waals surface area contributed by atoms with Crippen molar-refractivity contribution in [1.82, 2.24) is 4.98 Å². The molecule has 1 rings (SSSR count). The number of pyridine rings is 1. The minimum Gasteiger partial charge on any atom is -0.480 e. The normalized spacial score (nSPS) is 12.2. The minimum atomic E-state index is 0.0353. The van der Waals surface area contributed by atoms with E-state index in [1.807, 2.05) is 6.92 Å². The van der Waals surface area contributed by atoms with E-state index in [9.17, 15) is 4.79 Å². The maximum atomic E-state index is 12.0. The maximum Gasteiger partial charge on any atom is 0.224 e. The van der Waals surface area contributed by atoms with Gasteiger partial charge in [-0.2, -0.15) is 0 Å². The SMILES string of the molecule is CCCC(C)C(=O)c1cccnc1OC. The fraction of sp³-hybridized carbons (Fsp3) is 0.500. The fourth-order valence-electron chi connectivity index (χ4n) is 1.57. The van der Waals surface area contributed by atoms with Crippen LogP contribution in [0.2, 0.25) is 0 Å². The summed E-state index contributed by atoms with van der Waals surface area (Å²) in [5, 5.41) is 0. The van der Waals surface area contributed by atoms with E-state index in [0.29, 0.717) is 11.4 Å². The van der Waals surface area contributed by atoms with E-state index in [4.69, 9.17) is 4.74 Å². The Morgan fingerprint density at radius 1 is 1.60 bits per heavy atom. The van der Waals surface area contributed by atoms with Crippen molar-refractivity contribution in [1.29, 1.82) is 0 Å². The predicted molar refractivity (Wildman–Crippen MR) is 59.2 cm³/mol. The van der Waals surface area contributed by atoms with Crippen LogP contribution in [0.25, 0.3) is 0 Å². The average Bonchev–Trinajstić information content (AvgIpc) is 2.28. The maximum absolute atomic E-state index is 12.0. The molecule has 0 aromatic carbocycles. The van der Waals surface area contributed by atoms with Gasteiger partial charge in [0.05, 0.1) is 12.7 Å². The van der Waals surface area contributed by atoms with Crippen LogP contribution >= 0.6 is 0 Å². The highest BCUT2D eigenvalue weighted by Gasteiger charge is 2.18. The van der Waals surface area contributed by atoms with E-state index in [2.05, 4.69) is 11.9 Å². The van der Waals surface area contributed by atoms with Gasteiger partial charge in [-0.1, -0.05) is 20.3 Å². The summed E-state index contributed by atoms with van der Waals surface area (Å²) in [5.74, 6) is 0.570. The molecule has 0 saturated carbocycles. The number of carbonyl (C=O) groups excluding carboxylic acids is 1. The van der Waals surface area contributed by atoms with Crippen LogP contribution < -0.4 is 4.74 Å². The van der Waals surface area contributed by atoms with Gasteiger partial charge in [-0.15, -0.1) is 0 Å². The Bertz CT molecular complexity index is 336. The van der Waals surface area contributed by atoms with Gasteiger partial charge in [0.2, 0.25) is 5.88 Å². The fourth-order valence-corrected chi connectivity index (χ4v) is 1.57. The molecule has 0 spiro atoms. The highest BCUT2D eigenvalue weighted by atomic mass is 16.5. The van der Waals surface area contributed by atoms with Gasteiger partial charge in [0.25, 0.3) is 0 Å². The number of Topliss-reactive ketones (excluding diaryl/α,β-unsaturated/α-hetero) is 1. The van der Waals surface area contributed by atoms with Crippen LogP contribution in [0.5, 0.6) is 5.88 Å². The number of carbonyl (C=O) groups is 1. The van der Waals surface area contributed by atoms with Crippen molar-refractivity contribution in [3.63, 3.8) is 0 Å². The van der Waals surface area contributed by atoms with Gasteiger partial charge in [-0.05, 0) is 18.6 Å². The van der Waals surface area contributed by atoms with Crippen molar-refractivity contribution in [3.05, 3.63) is 23.9 Å². The largest absolute Gasteiger partial charge is 0.480 e. The van der Waals surface area contributed by atoms with E-state index < -0.39 is 0 Å². The number of rotatable bonds is 5. The molecule has 1 aromatic heterocycles. The number of ketones is 1. The second-order valence-corrected chi connectivity index (χ2v) is 3.61. The molecular weight excluding hydrogens is 190 g/mol. The van der Waals surface area contributed by atoms with E-state index in [-0.39, 0.29) is 11.7 Å². The molecule has 1 atom stereocenters. The summed E-state index contributed by atoms with van der Waals surface area (Å²) >= 11 is 0. The van der Waals surface area contributed by atoms with Crippen molar-refractivity contribution in [2.45, 2.75) is 26.7 Å². The van der Waals surface area contributed by atoms with Gasteiger partial charge in [0, 0.05) is 12.1 Å². The van der Waals surface area contributed by atoms with Crippen LogP contribution in [0.15, 0.2) is 18.3 Å². The molecule has 0 saturated heterocycles. The summed E-state index contributed by atoms with van der Waals surface area (Å²) in [6.07, 6.45) is 3.53. The van der Waals surface area contributed by atoms with Crippen molar-refractivity contribution < 1.29 is 9.53 Å². The molecule has 1 aromatic rings. The van der Waals surface area contributed by atoms with Gasteiger partial charge in [-0.25, -0.2) is 4.98 Å². The van der Waals surface area contributed by atoms with Gasteiger partial charge < -0.3 is 4.74 Å². The lowest BCUT2D eigenvalue weighted by Crippen LogP contribution is -2.12. The standard InChI is InChI=1S/C12H17NO2/c1-4-6-9(2)11(14)10-7-5-8-13-12(10)15-3/h5,7-9H,4,6H2,1-3H3. The van der Waals surface area contributed by atoms with E-state index in [0.717, 1.165) is 12.8 Å². The topological polar surface area (TPSA) is 39.2 Å². The molecule has 82 valence electrons. The van der Waals surface area contributed by atoms with E-state index in [1.54, 1.807) is 18.3 Å². The molecule has 3 nitrogen and oxygen atoms in total. The Labute approximate surface area is 90.5 Å². The first-order valence-electron chi connectivity index (χ1n) is 5.24. The lowest BCUT2D eigenvalue weighted by molar-refractivity contribution is 0.0919. The lowest BCUT2D eigenvalue weighted by Gasteiger charge is -2.10. The summed E-state index contributed by atoms with van der Waals surface area (Å²) in [6, 6.07) is 3.52. The van der Waals surface area contributed by atoms with Crippen LogP contribution in [0.4, 0.5) is 0 Å². The highest BCUT2D eigenvalue weighted by Crippen LogP contribution is 2.20. The number of ether oxygens (including phenoxy) is 1. The molecule has 1 unspecified atom stereocenters. The van der Waals surface area contributed by atoms with Gasteiger partial charge in [0.15, 0.2) is 5.78 Å². The van der Waals surface area contributed by atoms with Gasteiger partial charge in [-0.3, -0.25) is 4.79 Å². The third kappa shape index (κ3) is 2.78. The van der Waals surface area contributed by atoms with Gasteiger partial charge in [0.1, 0.15) is 0 Å². The van der Waals surface area contributed by atoms with Crippen LogP contribution in [0, 0.1) is 5.92 Å². The Balaban J connectivity index is 2.90. The van der Waals surface area contributed by atoms with Crippen molar-refractivity contribution in [3.8, 4) is 5.88 Å². The second kappa shape index (κ2) is 5.49. The third-order valence-corrected chi connectivity index (χ3v) is 2.40. The van der Waals surface area contributed by atoms with E-state index >= 15 is 0 Å².